The second-order valence-corrected chi connectivity index (χ2v) is 9.16. The Bertz CT molecular complexity index is 893. The number of H-pyrrole nitrogens is 1. The van der Waals surface area contributed by atoms with Crippen LogP contribution in [0.25, 0.3) is 0 Å². The molecule has 2 aromatic heterocycles. The summed E-state index contributed by atoms with van der Waals surface area (Å²) >= 11 is 6.59. The number of hydrogen-bond acceptors (Lipinski definition) is 6. The summed E-state index contributed by atoms with van der Waals surface area (Å²) in [7, 11) is 3.64. The van der Waals surface area contributed by atoms with Gasteiger partial charge in [0, 0.05) is 40.2 Å². The van der Waals surface area contributed by atoms with E-state index in [1.165, 1.54) is 0 Å². The minimum Gasteiger partial charge on any atom is -0.478 e. The fraction of sp³-hybridized carbons (Fsp3) is 0.550. The molecule has 1 aliphatic carbocycles. The number of carbonyl (C=O) groups is 1. The van der Waals surface area contributed by atoms with E-state index in [1.807, 2.05) is 19.1 Å². The molecule has 4 atom stereocenters. The molecule has 3 radical (unpaired) electrons. The molecule has 4 rings (SSSR count). The number of pyridine rings is 1. The van der Waals surface area contributed by atoms with Gasteiger partial charge in [0.05, 0.1) is 12.3 Å². The van der Waals surface area contributed by atoms with Crippen molar-refractivity contribution in [3.63, 3.8) is 0 Å². The lowest BCUT2D eigenvalue weighted by atomic mass is 10.0. The van der Waals surface area contributed by atoms with Crippen LogP contribution in [0.3, 0.4) is 0 Å². The first-order valence-electron chi connectivity index (χ1n) is 10.3. The molecule has 6 bridgehead atoms. The summed E-state index contributed by atoms with van der Waals surface area (Å²) in [6.07, 6.45) is 5.08. The van der Waals surface area contributed by atoms with Crippen LogP contribution in [0.2, 0.25) is 10.6 Å². The largest absolute Gasteiger partial charge is 0.478 e. The van der Waals surface area contributed by atoms with Crippen molar-refractivity contribution in [2.24, 2.45) is 0 Å². The van der Waals surface area contributed by atoms with Crippen molar-refractivity contribution in [3.05, 3.63) is 29.0 Å². The molecule has 1 fully saturated rings. The molecule has 3 heterocycles. The molecule has 1 aliphatic heterocycles. The van der Waals surface area contributed by atoms with Gasteiger partial charge in [-0.3, -0.25) is 5.10 Å². The molecular formula is C20H25ClN5O3Si. The van der Waals surface area contributed by atoms with Gasteiger partial charge >= 0.3 is 6.09 Å². The normalized spacial score (nSPS) is 25.7. The lowest BCUT2D eigenvalue weighted by Crippen LogP contribution is -2.39. The zero-order valence-corrected chi connectivity index (χ0v) is 18.5. The Balaban J connectivity index is 1.57. The number of alkyl carbamates (subject to hydrolysis) is 1. The summed E-state index contributed by atoms with van der Waals surface area (Å²) in [6.45, 7) is 2.50. The monoisotopic (exact) mass is 446 g/mol. The van der Waals surface area contributed by atoms with E-state index in [0.717, 1.165) is 43.5 Å². The maximum atomic E-state index is 12.4. The minimum absolute atomic E-state index is 0.0561. The van der Waals surface area contributed by atoms with E-state index in [9.17, 15) is 4.79 Å². The zero-order valence-electron chi connectivity index (χ0n) is 16.8. The molecule has 0 spiro atoms. The van der Waals surface area contributed by atoms with Crippen molar-refractivity contribution in [2.75, 3.05) is 11.9 Å². The van der Waals surface area contributed by atoms with Crippen molar-refractivity contribution in [3.8, 4) is 5.88 Å². The first-order valence-corrected chi connectivity index (χ1v) is 11.2. The summed E-state index contributed by atoms with van der Waals surface area (Å²) in [5.74, 6) is 1.24. The standard InChI is InChI=1S/C20H25ClN5O3Si/c1-11(30)15-3-2-8-28-16-10-13(6-7-22-16)23-19-17(21)18(25-26-19)12-4-5-14(9-12)29-20(27)24-15/h6-7,10-12,14-15H,2-5,8-9H2,1H3,(H,24,27)(H2,23,25,26)/t11-,12-,14+,15?/m0/s1. The topological polar surface area (TPSA) is 101 Å². The van der Waals surface area contributed by atoms with Gasteiger partial charge in [-0.1, -0.05) is 18.5 Å². The second-order valence-electron chi connectivity index (χ2n) is 7.88. The summed E-state index contributed by atoms with van der Waals surface area (Å²) < 4.78 is 11.5. The Hall–Kier alpha value is -2.26. The first-order chi connectivity index (χ1) is 14.5. The highest BCUT2D eigenvalue weighted by Gasteiger charge is 2.32. The molecule has 30 heavy (non-hydrogen) atoms. The van der Waals surface area contributed by atoms with Crippen molar-refractivity contribution >= 4 is 39.4 Å². The number of rotatable bonds is 1. The maximum absolute atomic E-state index is 12.4. The Kier molecular flexibility index (Phi) is 6.48. The van der Waals surface area contributed by atoms with Crippen LogP contribution in [-0.4, -0.2) is 50.3 Å². The van der Waals surface area contributed by atoms with Crippen LogP contribution >= 0.6 is 11.6 Å². The van der Waals surface area contributed by atoms with Crippen molar-refractivity contribution in [1.29, 1.82) is 0 Å². The molecular weight excluding hydrogens is 422 g/mol. The summed E-state index contributed by atoms with van der Waals surface area (Å²) in [6, 6.07) is 3.60. The molecule has 1 saturated carbocycles. The molecule has 0 aromatic carbocycles. The highest BCUT2D eigenvalue weighted by Crippen LogP contribution is 2.40. The predicted molar refractivity (Wildman–Crippen MR) is 115 cm³/mol. The molecule has 159 valence electrons. The van der Waals surface area contributed by atoms with Gasteiger partial charge < -0.3 is 20.1 Å². The summed E-state index contributed by atoms with van der Waals surface area (Å²) in [5, 5.41) is 14.2. The first kappa shape index (κ1) is 21.0. The van der Waals surface area contributed by atoms with Crippen molar-refractivity contribution in [1.82, 2.24) is 20.5 Å². The van der Waals surface area contributed by atoms with Crippen molar-refractivity contribution in [2.45, 2.75) is 62.6 Å². The van der Waals surface area contributed by atoms with Gasteiger partial charge in [-0.05, 0) is 43.7 Å². The van der Waals surface area contributed by atoms with Crippen LogP contribution < -0.4 is 15.4 Å². The SMILES string of the molecule is C[C@H]([Si])C1CCCOc2cc(ccn2)Nc2n[nH]c(c2Cl)[C@H]2CC[C@H](C2)OC(=O)N1. The maximum Gasteiger partial charge on any atom is 0.407 e. The fourth-order valence-corrected chi connectivity index (χ4v) is 4.51. The smallest absolute Gasteiger partial charge is 0.407 e. The van der Waals surface area contributed by atoms with E-state index in [0.29, 0.717) is 23.3 Å². The zero-order chi connectivity index (χ0) is 21.1. The van der Waals surface area contributed by atoms with E-state index in [4.69, 9.17) is 21.1 Å². The third kappa shape index (κ3) is 4.89. The molecule has 1 unspecified atom stereocenters. The minimum atomic E-state index is -0.384. The average Bonchev–Trinajstić information content (AvgIpc) is 3.30. The van der Waals surface area contributed by atoms with E-state index in [1.54, 1.807) is 6.20 Å². The molecule has 8 nitrogen and oxygen atoms in total. The number of aromatic nitrogens is 3. The predicted octanol–water partition coefficient (Wildman–Crippen LogP) is 4.08. The van der Waals surface area contributed by atoms with Crippen molar-refractivity contribution < 1.29 is 14.3 Å². The third-order valence-electron chi connectivity index (χ3n) is 5.61. The van der Waals surface area contributed by atoms with E-state index >= 15 is 0 Å². The van der Waals surface area contributed by atoms with E-state index in [-0.39, 0.29) is 29.7 Å². The lowest BCUT2D eigenvalue weighted by molar-refractivity contribution is 0.0960. The molecule has 0 saturated heterocycles. The molecule has 3 N–H and O–H groups in total. The number of hydrogen-bond donors (Lipinski definition) is 3. The second kappa shape index (κ2) is 9.26. The van der Waals surface area contributed by atoms with Crippen LogP contribution in [0.4, 0.5) is 16.3 Å². The van der Waals surface area contributed by atoms with Gasteiger partial charge in [0.1, 0.15) is 11.1 Å². The van der Waals surface area contributed by atoms with Gasteiger partial charge in [0.2, 0.25) is 5.88 Å². The Labute approximate surface area is 183 Å². The highest BCUT2D eigenvalue weighted by molar-refractivity contribution is 6.33. The van der Waals surface area contributed by atoms with Gasteiger partial charge in [-0.25, -0.2) is 9.78 Å². The van der Waals surface area contributed by atoms with Gasteiger partial charge in [0.25, 0.3) is 0 Å². The molecule has 2 aromatic rings. The number of amides is 1. The number of fused-ring (bicyclic) bond motifs is 7. The average molecular weight is 447 g/mol. The number of anilines is 2. The van der Waals surface area contributed by atoms with Crippen LogP contribution in [-0.2, 0) is 4.74 Å². The third-order valence-corrected chi connectivity index (χ3v) is 6.40. The Morgan fingerprint density at radius 1 is 1.33 bits per heavy atom. The number of ether oxygens (including phenoxy) is 2. The number of carbonyl (C=O) groups excluding carboxylic acids is 1. The van der Waals surface area contributed by atoms with Crippen LogP contribution in [0.1, 0.15) is 50.6 Å². The summed E-state index contributed by atoms with van der Waals surface area (Å²) in [4.78, 5) is 16.7. The Morgan fingerprint density at radius 2 is 2.20 bits per heavy atom. The van der Waals surface area contributed by atoms with E-state index in [2.05, 4.69) is 36.1 Å². The fourth-order valence-electron chi connectivity index (χ4n) is 3.97. The molecule has 2 aliphatic rings. The van der Waals surface area contributed by atoms with Gasteiger partial charge in [-0.15, -0.1) is 0 Å². The van der Waals surface area contributed by atoms with Crippen LogP contribution in [0, 0.1) is 0 Å². The lowest BCUT2D eigenvalue weighted by Gasteiger charge is -2.23. The van der Waals surface area contributed by atoms with Gasteiger partial charge in [0.15, 0.2) is 5.82 Å². The number of nitrogens with zero attached hydrogens (tertiary/aromatic N) is 2. The van der Waals surface area contributed by atoms with Crippen LogP contribution in [0.5, 0.6) is 5.88 Å². The highest BCUT2D eigenvalue weighted by atomic mass is 35.5. The van der Waals surface area contributed by atoms with Gasteiger partial charge in [-0.2, -0.15) is 5.10 Å². The molecule has 10 heteroatoms. The number of aromatic amines is 1. The Morgan fingerprint density at radius 3 is 3.03 bits per heavy atom. The number of nitrogens with one attached hydrogen (secondary N) is 3. The van der Waals surface area contributed by atoms with Crippen LogP contribution in [0.15, 0.2) is 18.3 Å². The molecule has 1 amide bonds. The van der Waals surface area contributed by atoms with E-state index < -0.39 is 0 Å². The number of halogens is 1. The quantitative estimate of drug-likeness (QED) is 0.570. The summed E-state index contributed by atoms with van der Waals surface area (Å²) in [5.41, 5.74) is 1.77.